The van der Waals surface area contributed by atoms with Gasteiger partial charge in [0, 0.05) is 25.5 Å². The minimum absolute atomic E-state index is 0.0170. The molecular weight excluding hydrogens is 424 g/mol. The minimum Gasteiger partial charge on any atom is -0.481 e. The van der Waals surface area contributed by atoms with E-state index in [9.17, 15) is 19.5 Å². The summed E-state index contributed by atoms with van der Waals surface area (Å²) in [5.74, 6) is -1.44. The second-order valence-corrected chi connectivity index (χ2v) is 9.10. The molecule has 8 nitrogen and oxygen atoms in total. The molecular formula is C25H26N2O6. The number of fused-ring (bicyclic) bond motifs is 3. The van der Waals surface area contributed by atoms with Crippen molar-refractivity contribution in [2.24, 2.45) is 5.41 Å². The Labute approximate surface area is 191 Å². The number of ether oxygens (including phenoxy) is 2. The molecule has 2 aliphatic carbocycles. The summed E-state index contributed by atoms with van der Waals surface area (Å²) < 4.78 is 11.0. The van der Waals surface area contributed by atoms with Crippen LogP contribution in [-0.4, -0.2) is 55.0 Å². The summed E-state index contributed by atoms with van der Waals surface area (Å²) >= 11 is 0. The summed E-state index contributed by atoms with van der Waals surface area (Å²) in [6.45, 7) is 0.514. The fourth-order valence-corrected chi connectivity index (χ4v) is 4.77. The van der Waals surface area contributed by atoms with E-state index in [-0.39, 0.29) is 25.7 Å². The number of aliphatic carboxylic acids is 1. The van der Waals surface area contributed by atoms with E-state index >= 15 is 0 Å². The number of alkyl carbamates (subject to hydrolysis) is 1. The first-order chi connectivity index (χ1) is 15.9. The van der Waals surface area contributed by atoms with Crippen molar-refractivity contribution < 1.29 is 29.0 Å². The van der Waals surface area contributed by atoms with Gasteiger partial charge in [-0.1, -0.05) is 48.5 Å². The number of carboxylic acid groups (broad SMARTS) is 1. The quantitative estimate of drug-likeness (QED) is 0.598. The van der Waals surface area contributed by atoms with Gasteiger partial charge in [-0.3, -0.25) is 9.59 Å². The maximum atomic E-state index is 12.9. The van der Waals surface area contributed by atoms with E-state index in [1.54, 1.807) is 0 Å². The lowest BCUT2D eigenvalue weighted by Crippen LogP contribution is -2.60. The van der Waals surface area contributed by atoms with E-state index in [0.29, 0.717) is 25.9 Å². The molecule has 2 fully saturated rings. The smallest absolute Gasteiger partial charge is 0.408 e. The van der Waals surface area contributed by atoms with Crippen molar-refractivity contribution in [1.82, 2.24) is 10.6 Å². The summed E-state index contributed by atoms with van der Waals surface area (Å²) in [6, 6.07) is 16.1. The van der Waals surface area contributed by atoms with Crippen LogP contribution < -0.4 is 10.6 Å². The molecule has 172 valence electrons. The van der Waals surface area contributed by atoms with Gasteiger partial charge in [-0.25, -0.2) is 4.79 Å². The predicted octanol–water partition coefficient (Wildman–Crippen LogP) is 2.67. The number of carbonyl (C=O) groups is 3. The average molecular weight is 450 g/mol. The van der Waals surface area contributed by atoms with Gasteiger partial charge in [0.05, 0.1) is 12.0 Å². The topological polar surface area (TPSA) is 114 Å². The fraction of sp³-hybridized carbons (Fsp3) is 0.400. The number of carbonyl (C=O) groups excluding carboxylic acids is 2. The van der Waals surface area contributed by atoms with Crippen LogP contribution in [0, 0.1) is 5.41 Å². The van der Waals surface area contributed by atoms with E-state index < -0.39 is 28.9 Å². The van der Waals surface area contributed by atoms with Crippen LogP contribution in [0.5, 0.6) is 0 Å². The molecule has 3 aliphatic rings. The fourth-order valence-electron chi connectivity index (χ4n) is 4.77. The zero-order valence-electron chi connectivity index (χ0n) is 18.1. The summed E-state index contributed by atoms with van der Waals surface area (Å²) in [4.78, 5) is 37.1. The maximum absolute atomic E-state index is 12.9. The van der Waals surface area contributed by atoms with Crippen LogP contribution in [0.2, 0.25) is 0 Å². The van der Waals surface area contributed by atoms with E-state index in [2.05, 4.69) is 22.8 Å². The van der Waals surface area contributed by atoms with Crippen molar-refractivity contribution in [1.29, 1.82) is 0 Å². The van der Waals surface area contributed by atoms with Gasteiger partial charge in [-0.15, -0.1) is 0 Å². The van der Waals surface area contributed by atoms with E-state index in [1.807, 2.05) is 36.4 Å². The zero-order chi connectivity index (χ0) is 23.1. The highest BCUT2D eigenvalue weighted by Crippen LogP contribution is 2.45. The van der Waals surface area contributed by atoms with E-state index in [4.69, 9.17) is 9.47 Å². The van der Waals surface area contributed by atoms with Crippen LogP contribution >= 0.6 is 0 Å². The van der Waals surface area contributed by atoms with Crippen LogP contribution in [0.25, 0.3) is 11.1 Å². The van der Waals surface area contributed by atoms with Gasteiger partial charge in [0.2, 0.25) is 5.91 Å². The minimum atomic E-state index is -1.27. The van der Waals surface area contributed by atoms with Gasteiger partial charge >= 0.3 is 12.1 Å². The standard InChI is InChI=1S/C25H26N2O6/c28-21(26-14-24(9-10-24)22(29)30)25(11-12-32-15-25)27-23(31)33-13-20-18-7-3-1-5-16(18)17-6-2-4-8-19(17)20/h1-8,20H,9-15H2,(H,26,28)(H,27,31)(H,29,30). The van der Waals surface area contributed by atoms with Crippen molar-refractivity contribution in [3.63, 3.8) is 0 Å². The molecule has 2 amide bonds. The molecule has 0 radical (unpaired) electrons. The van der Waals surface area contributed by atoms with Crippen molar-refractivity contribution >= 4 is 18.0 Å². The highest BCUT2D eigenvalue weighted by atomic mass is 16.6. The molecule has 1 aliphatic heterocycles. The van der Waals surface area contributed by atoms with Gasteiger partial charge in [-0.05, 0) is 35.1 Å². The first kappa shape index (κ1) is 21.5. The first-order valence-electron chi connectivity index (χ1n) is 11.2. The van der Waals surface area contributed by atoms with Crippen LogP contribution in [0.1, 0.15) is 36.3 Å². The largest absolute Gasteiger partial charge is 0.481 e. The van der Waals surface area contributed by atoms with Crippen LogP contribution in [0.3, 0.4) is 0 Å². The molecule has 1 atom stereocenters. The third kappa shape index (κ3) is 3.84. The molecule has 3 N–H and O–H groups in total. The van der Waals surface area contributed by atoms with E-state index in [1.165, 1.54) is 0 Å². The lowest BCUT2D eigenvalue weighted by molar-refractivity contribution is -0.143. The second-order valence-electron chi connectivity index (χ2n) is 9.10. The Morgan fingerprint density at radius 3 is 2.18 bits per heavy atom. The molecule has 0 spiro atoms. The molecule has 1 saturated carbocycles. The lowest BCUT2D eigenvalue weighted by Gasteiger charge is -2.28. The van der Waals surface area contributed by atoms with Crippen molar-refractivity contribution in [3.05, 3.63) is 59.7 Å². The Morgan fingerprint density at radius 1 is 1.00 bits per heavy atom. The molecule has 0 bridgehead atoms. The SMILES string of the molecule is O=C(NC1(C(=O)NCC2(C(=O)O)CC2)CCOC1)OCC1c2ccccc2-c2ccccc21. The van der Waals surface area contributed by atoms with Gasteiger partial charge in [0.25, 0.3) is 0 Å². The van der Waals surface area contributed by atoms with Crippen molar-refractivity contribution in [3.8, 4) is 11.1 Å². The van der Waals surface area contributed by atoms with Crippen molar-refractivity contribution in [2.75, 3.05) is 26.4 Å². The Hall–Kier alpha value is -3.39. The van der Waals surface area contributed by atoms with E-state index in [0.717, 1.165) is 22.3 Å². The number of rotatable bonds is 7. The Morgan fingerprint density at radius 2 is 1.64 bits per heavy atom. The van der Waals surface area contributed by atoms with Crippen LogP contribution in [0.4, 0.5) is 4.79 Å². The predicted molar refractivity (Wildman–Crippen MR) is 119 cm³/mol. The van der Waals surface area contributed by atoms with Crippen LogP contribution in [0.15, 0.2) is 48.5 Å². The summed E-state index contributed by atoms with van der Waals surface area (Å²) in [7, 11) is 0. The Balaban J connectivity index is 1.24. The zero-order valence-corrected chi connectivity index (χ0v) is 18.1. The van der Waals surface area contributed by atoms with Gasteiger partial charge < -0.3 is 25.2 Å². The highest BCUT2D eigenvalue weighted by molar-refractivity contribution is 5.91. The second kappa shape index (κ2) is 8.19. The number of amides is 2. The van der Waals surface area contributed by atoms with Crippen LogP contribution in [-0.2, 0) is 19.1 Å². The third-order valence-electron chi connectivity index (χ3n) is 7.04. The molecule has 1 heterocycles. The summed E-state index contributed by atoms with van der Waals surface area (Å²) in [5.41, 5.74) is 2.32. The Bertz CT molecular complexity index is 1060. The Kier molecular flexibility index (Phi) is 5.32. The van der Waals surface area contributed by atoms with Gasteiger partial charge in [0.1, 0.15) is 12.1 Å². The maximum Gasteiger partial charge on any atom is 0.408 e. The summed E-state index contributed by atoms with van der Waals surface area (Å²) in [5, 5.41) is 14.8. The summed E-state index contributed by atoms with van der Waals surface area (Å²) in [6.07, 6.45) is 0.665. The third-order valence-corrected chi connectivity index (χ3v) is 7.04. The molecule has 2 aromatic rings. The molecule has 8 heteroatoms. The molecule has 1 saturated heterocycles. The molecule has 1 unspecified atom stereocenters. The molecule has 33 heavy (non-hydrogen) atoms. The van der Waals surface area contributed by atoms with Gasteiger partial charge in [-0.2, -0.15) is 0 Å². The van der Waals surface area contributed by atoms with Crippen molar-refractivity contribution in [2.45, 2.75) is 30.7 Å². The molecule has 5 rings (SSSR count). The lowest BCUT2D eigenvalue weighted by atomic mass is 9.97. The molecule has 0 aromatic heterocycles. The number of nitrogens with one attached hydrogen (secondary N) is 2. The highest BCUT2D eigenvalue weighted by Gasteiger charge is 2.52. The molecule has 2 aromatic carbocycles. The average Bonchev–Trinajstić information content (AvgIpc) is 3.36. The first-order valence-corrected chi connectivity index (χ1v) is 11.2. The van der Waals surface area contributed by atoms with Gasteiger partial charge in [0.15, 0.2) is 0 Å². The number of hydrogen-bond donors (Lipinski definition) is 3. The monoisotopic (exact) mass is 450 g/mol. The number of benzene rings is 2. The normalized spacial score (nSPS) is 22.2. The number of hydrogen-bond acceptors (Lipinski definition) is 5. The number of carboxylic acids is 1.